The van der Waals surface area contributed by atoms with Crippen LogP contribution in [0.5, 0.6) is 0 Å². The van der Waals surface area contributed by atoms with E-state index in [0.717, 1.165) is 12.8 Å². The molecular formula is C8H16N4O2. The molecule has 1 aliphatic rings. The van der Waals surface area contributed by atoms with Crippen molar-refractivity contribution in [1.29, 1.82) is 0 Å². The van der Waals surface area contributed by atoms with E-state index >= 15 is 0 Å². The number of amides is 1. The molecule has 0 saturated heterocycles. The summed E-state index contributed by atoms with van der Waals surface area (Å²) in [4.78, 5) is 14.3. The van der Waals surface area contributed by atoms with Crippen LogP contribution in [0.25, 0.3) is 0 Å². The van der Waals surface area contributed by atoms with Crippen LogP contribution in [0, 0.1) is 0 Å². The number of primary amides is 1. The molecule has 0 aromatic rings. The third kappa shape index (κ3) is 5.36. The normalized spacial score (nSPS) is 16.7. The predicted octanol–water partition coefficient (Wildman–Crippen LogP) is -1.44. The van der Waals surface area contributed by atoms with Crippen LogP contribution in [0.3, 0.4) is 0 Å². The van der Waals surface area contributed by atoms with E-state index in [9.17, 15) is 4.79 Å². The molecule has 0 heterocycles. The van der Waals surface area contributed by atoms with E-state index in [2.05, 4.69) is 10.3 Å². The molecule has 0 atom stereocenters. The second-order valence-corrected chi connectivity index (χ2v) is 3.20. The van der Waals surface area contributed by atoms with Crippen molar-refractivity contribution in [2.75, 3.05) is 19.8 Å². The number of nitrogens with one attached hydrogen (secondary N) is 1. The van der Waals surface area contributed by atoms with Crippen molar-refractivity contribution < 1.29 is 9.53 Å². The number of carbonyl (C=O) groups excluding carboxylic acids is 1. The summed E-state index contributed by atoms with van der Waals surface area (Å²) in [5, 5.41) is 3.03. The number of aliphatic imine (C=N–C) groups is 1. The van der Waals surface area contributed by atoms with Gasteiger partial charge in [-0.1, -0.05) is 0 Å². The number of hydrogen-bond acceptors (Lipinski definition) is 3. The van der Waals surface area contributed by atoms with Crippen molar-refractivity contribution in [3.8, 4) is 0 Å². The lowest BCUT2D eigenvalue weighted by molar-refractivity contribution is -0.122. The van der Waals surface area contributed by atoms with Crippen LogP contribution < -0.4 is 16.8 Å². The lowest BCUT2D eigenvalue weighted by Gasteiger charge is -2.02. The molecule has 0 unspecified atom stereocenters. The monoisotopic (exact) mass is 200 g/mol. The van der Waals surface area contributed by atoms with Gasteiger partial charge >= 0.3 is 0 Å². The second kappa shape index (κ2) is 5.43. The Morgan fingerprint density at radius 3 is 2.79 bits per heavy atom. The topological polar surface area (TPSA) is 103 Å². The summed E-state index contributed by atoms with van der Waals surface area (Å²) < 4.78 is 4.90. The fourth-order valence-corrected chi connectivity index (χ4v) is 0.886. The van der Waals surface area contributed by atoms with Gasteiger partial charge in [0.2, 0.25) is 5.91 Å². The first-order valence-corrected chi connectivity index (χ1v) is 4.61. The Balaban J connectivity index is 1.97. The molecule has 0 aliphatic heterocycles. The van der Waals surface area contributed by atoms with Crippen LogP contribution in [0.4, 0.5) is 0 Å². The maximum atomic E-state index is 10.3. The van der Waals surface area contributed by atoms with E-state index in [0.29, 0.717) is 25.2 Å². The Morgan fingerprint density at radius 1 is 1.50 bits per heavy atom. The molecule has 6 nitrogen and oxygen atoms in total. The second-order valence-electron chi connectivity index (χ2n) is 3.20. The molecule has 5 N–H and O–H groups in total. The van der Waals surface area contributed by atoms with Crippen LogP contribution in [0.1, 0.15) is 12.8 Å². The lowest BCUT2D eigenvalue weighted by Crippen LogP contribution is -2.33. The molecule has 80 valence electrons. The van der Waals surface area contributed by atoms with Crippen molar-refractivity contribution >= 4 is 11.9 Å². The van der Waals surface area contributed by atoms with E-state index < -0.39 is 5.91 Å². The van der Waals surface area contributed by atoms with Gasteiger partial charge in [0, 0.05) is 6.04 Å². The lowest BCUT2D eigenvalue weighted by atomic mass is 10.6. The SMILES string of the molecule is NC(=O)COCCN=C(N)NC1CC1. The van der Waals surface area contributed by atoms with E-state index in [1.54, 1.807) is 0 Å². The molecule has 0 aromatic heterocycles. The van der Waals surface area contributed by atoms with E-state index in [-0.39, 0.29) is 6.61 Å². The fourth-order valence-electron chi connectivity index (χ4n) is 0.886. The number of carbonyl (C=O) groups is 1. The zero-order valence-electron chi connectivity index (χ0n) is 8.03. The molecule has 1 saturated carbocycles. The first-order chi connectivity index (χ1) is 6.68. The van der Waals surface area contributed by atoms with Crippen LogP contribution in [0.2, 0.25) is 0 Å². The van der Waals surface area contributed by atoms with Crippen molar-refractivity contribution in [1.82, 2.24) is 5.32 Å². The first-order valence-electron chi connectivity index (χ1n) is 4.61. The van der Waals surface area contributed by atoms with Crippen molar-refractivity contribution in [3.63, 3.8) is 0 Å². The Kier molecular flexibility index (Phi) is 4.18. The highest BCUT2D eigenvalue weighted by atomic mass is 16.5. The maximum absolute atomic E-state index is 10.3. The summed E-state index contributed by atoms with van der Waals surface area (Å²) in [6, 6.07) is 0.505. The van der Waals surface area contributed by atoms with Gasteiger partial charge in [-0.15, -0.1) is 0 Å². The quantitative estimate of drug-likeness (QED) is 0.277. The molecule has 1 amide bonds. The van der Waals surface area contributed by atoms with Gasteiger partial charge in [0.25, 0.3) is 0 Å². The highest BCUT2D eigenvalue weighted by molar-refractivity contribution is 5.78. The highest BCUT2D eigenvalue weighted by Crippen LogP contribution is 2.17. The molecule has 0 aromatic carbocycles. The van der Waals surface area contributed by atoms with Gasteiger partial charge in [0.05, 0.1) is 13.2 Å². The van der Waals surface area contributed by atoms with E-state index in [1.165, 1.54) is 0 Å². The van der Waals surface area contributed by atoms with Crippen LogP contribution >= 0.6 is 0 Å². The van der Waals surface area contributed by atoms with Crippen molar-refractivity contribution in [2.45, 2.75) is 18.9 Å². The van der Waals surface area contributed by atoms with Gasteiger partial charge in [0.15, 0.2) is 5.96 Å². The minimum Gasteiger partial charge on any atom is -0.370 e. The van der Waals surface area contributed by atoms with Gasteiger partial charge in [-0.05, 0) is 12.8 Å². The predicted molar refractivity (Wildman–Crippen MR) is 52.7 cm³/mol. The molecule has 1 fully saturated rings. The Bertz CT molecular complexity index is 225. The smallest absolute Gasteiger partial charge is 0.243 e. The summed E-state index contributed by atoms with van der Waals surface area (Å²) >= 11 is 0. The largest absolute Gasteiger partial charge is 0.370 e. The maximum Gasteiger partial charge on any atom is 0.243 e. The standard InChI is InChI=1S/C8H16N4O2/c9-7(13)5-14-4-3-11-8(10)12-6-1-2-6/h6H,1-5H2,(H2,9,13)(H3,10,11,12). The Hall–Kier alpha value is -1.30. The molecule has 0 bridgehead atoms. The van der Waals surface area contributed by atoms with Crippen LogP contribution in [-0.2, 0) is 9.53 Å². The molecule has 1 rings (SSSR count). The van der Waals surface area contributed by atoms with E-state index in [4.69, 9.17) is 16.2 Å². The minimum atomic E-state index is -0.474. The Morgan fingerprint density at radius 2 is 2.21 bits per heavy atom. The van der Waals surface area contributed by atoms with Gasteiger partial charge in [-0.25, -0.2) is 0 Å². The van der Waals surface area contributed by atoms with Gasteiger partial charge in [-0.2, -0.15) is 0 Å². The summed E-state index contributed by atoms with van der Waals surface area (Å²) in [5.74, 6) is -0.0340. The number of ether oxygens (including phenoxy) is 1. The average molecular weight is 200 g/mol. The highest BCUT2D eigenvalue weighted by Gasteiger charge is 2.21. The number of nitrogens with two attached hydrogens (primary N) is 2. The summed E-state index contributed by atoms with van der Waals surface area (Å²) in [7, 11) is 0. The van der Waals surface area contributed by atoms with Gasteiger partial charge in [-0.3, -0.25) is 9.79 Å². The zero-order valence-corrected chi connectivity index (χ0v) is 8.03. The van der Waals surface area contributed by atoms with Gasteiger partial charge in [0.1, 0.15) is 6.61 Å². The van der Waals surface area contributed by atoms with Crippen molar-refractivity contribution in [2.24, 2.45) is 16.5 Å². The molecular weight excluding hydrogens is 184 g/mol. The number of hydrogen-bond donors (Lipinski definition) is 3. The molecule has 1 aliphatic carbocycles. The van der Waals surface area contributed by atoms with Crippen molar-refractivity contribution in [3.05, 3.63) is 0 Å². The fraction of sp³-hybridized carbons (Fsp3) is 0.750. The molecule has 14 heavy (non-hydrogen) atoms. The van der Waals surface area contributed by atoms with E-state index in [1.807, 2.05) is 0 Å². The summed E-state index contributed by atoms with van der Waals surface area (Å²) in [6.45, 7) is 0.736. The number of guanidine groups is 1. The third-order valence-corrected chi connectivity index (χ3v) is 1.69. The average Bonchev–Trinajstić information content (AvgIpc) is 2.87. The molecule has 6 heteroatoms. The third-order valence-electron chi connectivity index (χ3n) is 1.69. The zero-order chi connectivity index (χ0) is 10.4. The van der Waals surface area contributed by atoms with Crippen LogP contribution in [-0.4, -0.2) is 37.7 Å². The summed E-state index contributed by atoms with van der Waals surface area (Å²) in [5.41, 5.74) is 10.4. The minimum absolute atomic E-state index is 0.0640. The molecule has 0 radical (unpaired) electrons. The molecule has 0 spiro atoms. The number of nitrogens with zero attached hydrogens (tertiary/aromatic N) is 1. The first kappa shape index (κ1) is 10.8. The van der Waals surface area contributed by atoms with Gasteiger partial charge < -0.3 is 21.5 Å². The Labute approximate surface area is 82.7 Å². The summed E-state index contributed by atoms with van der Waals surface area (Å²) in [6.07, 6.45) is 2.32. The number of rotatable bonds is 6. The van der Waals surface area contributed by atoms with Crippen LogP contribution in [0.15, 0.2) is 4.99 Å².